The number of carbonyl (C=O) groups is 2. The van der Waals surface area contributed by atoms with Gasteiger partial charge in [0, 0.05) is 6.20 Å². The van der Waals surface area contributed by atoms with E-state index in [4.69, 9.17) is 9.47 Å². The minimum Gasteiger partial charge on any atom is -0.480 e. The van der Waals surface area contributed by atoms with Crippen LogP contribution in [0.5, 0.6) is 5.88 Å². The van der Waals surface area contributed by atoms with Gasteiger partial charge in [0.15, 0.2) is 0 Å². The number of pyridine rings is 1. The van der Waals surface area contributed by atoms with E-state index in [0.29, 0.717) is 11.6 Å². The molecule has 2 rings (SSSR count). The van der Waals surface area contributed by atoms with Gasteiger partial charge >= 0.3 is 12.1 Å². The Balaban J connectivity index is 1.94. The number of ether oxygens (including phenoxy) is 2. The Hall–Kier alpha value is -2.51. The summed E-state index contributed by atoms with van der Waals surface area (Å²) in [5.41, 5.74) is -0.0735. The molecule has 3 N–H and O–H groups in total. The SMILES string of the molecule is COc1ncccc1NC(=O)N[C@@H]1CCCC[C@H]1NC(=O)OC(C)(C)C. The molecule has 8 nitrogen and oxygen atoms in total. The number of amides is 3. The fourth-order valence-electron chi connectivity index (χ4n) is 2.91. The molecule has 0 radical (unpaired) electrons. The summed E-state index contributed by atoms with van der Waals surface area (Å²) in [6.45, 7) is 5.45. The minimum absolute atomic E-state index is 0.167. The standard InChI is InChI=1S/C18H28N4O4/c1-18(2,3)26-17(24)22-13-9-6-5-8-12(13)20-16(23)21-14-10-7-11-19-15(14)25-4/h7,10-13H,5-6,8-9H2,1-4H3,(H,22,24)(H2,20,21,23)/t12-,13-/m1/s1. The van der Waals surface area contributed by atoms with Crippen molar-refractivity contribution in [2.24, 2.45) is 0 Å². The van der Waals surface area contributed by atoms with Crippen molar-refractivity contribution < 1.29 is 19.1 Å². The molecule has 144 valence electrons. The number of urea groups is 1. The van der Waals surface area contributed by atoms with E-state index in [1.807, 2.05) is 20.8 Å². The lowest BCUT2D eigenvalue weighted by Gasteiger charge is -2.33. The fourth-order valence-corrected chi connectivity index (χ4v) is 2.91. The monoisotopic (exact) mass is 364 g/mol. The van der Waals surface area contributed by atoms with Crippen LogP contribution in [-0.4, -0.2) is 41.9 Å². The number of anilines is 1. The van der Waals surface area contributed by atoms with Gasteiger partial charge in [-0.15, -0.1) is 0 Å². The van der Waals surface area contributed by atoms with Crippen LogP contribution in [0.1, 0.15) is 46.5 Å². The zero-order valence-corrected chi connectivity index (χ0v) is 15.8. The van der Waals surface area contributed by atoms with E-state index < -0.39 is 11.7 Å². The maximum Gasteiger partial charge on any atom is 0.407 e. The minimum atomic E-state index is -0.560. The van der Waals surface area contributed by atoms with Crippen molar-refractivity contribution in [2.45, 2.75) is 64.1 Å². The molecule has 1 fully saturated rings. The topological polar surface area (TPSA) is 102 Å². The first-order chi connectivity index (χ1) is 12.3. The molecule has 0 aliphatic heterocycles. The molecule has 0 unspecified atom stereocenters. The number of alkyl carbamates (subject to hydrolysis) is 1. The third kappa shape index (κ3) is 6.09. The van der Waals surface area contributed by atoms with Crippen molar-refractivity contribution >= 4 is 17.8 Å². The average molecular weight is 364 g/mol. The van der Waals surface area contributed by atoms with Crippen LogP contribution < -0.4 is 20.7 Å². The highest BCUT2D eigenvalue weighted by Gasteiger charge is 2.29. The fraction of sp³-hybridized carbons (Fsp3) is 0.611. The molecule has 0 bridgehead atoms. The van der Waals surface area contributed by atoms with Gasteiger partial charge in [-0.05, 0) is 45.7 Å². The maximum atomic E-state index is 12.4. The van der Waals surface area contributed by atoms with Crippen molar-refractivity contribution in [2.75, 3.05) is 12.4 Å². The molecule has 0 spiro atoms. The van der Waals surface area contributed by atoms with Crippen molar-refractivity contribution in [1.82, 2.24) is 15.6 Å². The number of nitrogens with one attached hydrogen (secondary N) is 3. The number of hydrogen-bond acceptors (Lipinski definition) is 5. The van der Waals surface area contributed by atoms with Crippen LogP contribution in [0.2, 0.25) is 0 Å². The van der Waals surface area contributed by atoms with Gasteiger partial charge < -0.3 is 25.4 Å². The molecule has 1 saturated carbocycles. The number of nitrogens with zero attached hydrogens (tertiary/aromatic N) is 1. The Labute approximate surface area is 154 Å². The van der Waals surface area contributed by atoms with E-state index >= 15 is 0 Å². The van der Waals surface area contributed by atoms with Crippen molar-refractivity contribution in [3.8, 4) is 5.88 Å². The van der Waals surface area contributed by atoms with Gasteiger partial charge in [-0.25, -0.2) is 14.6 Å². The highest BCUT2D eigenvalue weighted by Crippen LogP contribution is 2.22. The number of hydrogen-bond donors (Lipinski definition) is 3. The largest absolute Gasteiger partial charge is 0.480 e. The maximum absolute atomic E-state index is 12.4. The quantitative estimate of drug-likeness (QED) is 0.762. The Morgan fingerprint density at radius 3 is 2.42 bits per heavy atom. The van der Waals surface area contributed by atoms with E-state index in [-0.39, 0.29) is 18.1 Å². The Morgan fingerprint density at radius 2 is 1.81 bits per heavy atom. The molecular weight excluding hydrogens is 336 g/mol. The van der Waals surface area contributed by atoms with Crippen LogP contribution in [0.15, 0.2) is 18.3 Å². The van der Waals surface area contributed by atoms with Gasteiger partial charge in [0.05, 0.1) is 19.2 Å². The third-order valence-electron chi connectivity index (χ3n) is 4.00. The van der Waals surface area contributed by atoms with Crippen LogP contribution in [0.3, 0.4) is 0 Å². The van der Waals surface area contributed by atoms with Crippen molar-refractivity contribution in [3.05, 3.63) is 18.3 Å². The molecule has 0 saturated heterocycles. The molecule has 1 aromatic heterocycles. The number of carbonyl (C=O) groups excluding carboxylic acids is 2. The highest BCUT2D eigenvalue weighted by molar-refractivity contribution is 5.90. The zero-order chi connectivity index (χ0) is 19.2. The van der Waals surface area contributed by atoms with Gasteiger partial charge in [0.25, 0.3) is 0 Å². The third-order valence-corrected chi connectivity index (χ3v) is 4.00. The summed E-state index contributed by atoms with van der Waals surface area (Å²) < 4.78 is 10.4. The predicted octanol–water partition coefficient (Wildman–Crippen LogP) is 3.05. The summed E-state index contributed by atoms with van der Waals surface area (Å²) in [6, 6.07) is 2.73. The number of methoxy groups -OCH3 is 1. The van der Waals surface area contributed by atoms with Crippen molar-refractivity contribution in [1.29, 1.82) is 0 Å². The van der Waals surface area contributed by atoms with Gasteiger partial charge in [0.1, 0.15) is 11.3 Å². The van der Waals surface area contributed by atoms with Gasteiger partial charge in [-0.2, -0.15) is 0 Å². The molecule has 3 amide bonds. The summed E-state index contributed by atoms with van der Waals surface area (Å²) in [4.78, 5) is 28.5. The lowest BCUT2D eigenvalue weighted by Crippen LogP contribution is -2.54. The van der Waals surface area contributed by atoms with E-state index in [9.17, 15) is 9.59 Å². The summed E-state index contributed by atoms with van der Waals surface area (Å²) >= 11 is 0. The average Bonchev–Trinajstić information content (AvgIpc) is 2.55. The van der Waals surface area contributed by atoms with E-state index in [2.05, 4.69) is 20.9 Å². The van der Waals surface area contributed by atoms with Gasteiger partial charge in [0.2, 0.25) is 5.88 Å². The van der Waals surface area contributed by atoms with E-state index in [1.54, 1.807) is 18.3 Å². The molecule has 1 aliphatic rings. The Kier molecular flexibility index (Phi) is 6.65. The second-order valence-electron chi connectivity index (χ2n) is 7.30. The van der Waals surface area contributed by atoms with Crippen LogP contribution >= 0.6 is 0 Å². The number of rotatable bonds is 4. The normalized spacial score (nSPS) is 20.0. The molecule has 26 heavy (non-hydrogen) atoms. The van der Waals surface area contributed by atoms with Crippen LogP contribution in [0.4, 0.5) is 15.3 Å². The lowest BCUT2D eigenvalue weighted by molar-refractivity contribution is 0.0481. The Morgan fingerprint density at radius 1 is 1.15 bits per heavy atom. The van der Waals surface area contributed by atoms with Gasteiger partial charge in [-0.1, -0.05) is 12.8 Å². The first kappa shape index (κ1) is 19.8. The summed E-state index contributed by atoms with van der Waals surface area (Å²) in [5.74, 6) is 0.342. The number of aromatic nitrogens is 1. The van der Waals surface area contributed by atoms with Crippen LogP contribution in [0, 0.1) is 0 Å². The smallest absolute Gasteiger partial charge is 0.407 e. The molecular formula is C18H28N4O4. The second-order valence-corrected chi connectivity index (χ2v) is 7.30. The van der Waals surface area contributed by atoms with E-state index in [0.717, 1.165) is 25.7 Å². The van der Waals surface area contributed by atoms with Crippen LogP contribution in [0.25, 0.3) is 0 Å². The molecule has 1 aromatic rings. The molecule has 2 atom stereocenters. The molecule has 0 aromatic carbocycles. The predicted molar refractivity (Wildman–Crippen MR) is 98.4 cm³/mol. The summed E-state index contributed by atoms with van der Waals surface area (Å²) in [5, 5.41) is 8.55. The molecule has 1 aliphatic carbocycles. The molecule has 1 heterocycles. The Bertz CT molecular complexity index is 630. The van der Waals surface area contributed by atoms with Gasteiger partial charge in [-0.3, -0.25) is 0 Å². The van der Waals surface area contributed by atoms with Crippen molar-refractivity contribution in [3.63, 3.8) is 0 Å². The first-order valence-electron chi connectivity index (χ1n) is 8.84. The summed E-state index contributed by atoms with van der Waals surface area (Å²) in [7, 11) is 1.49. The van der Waals surface area contributed by atoms with Crippen LogP contribution in [-0.2, 0) is 4.74 Å². The lowest BCUT2D eigenvalue weighted by atomic mass is 9.90. The second kappa shape index (κ2) is 8.73. The highest BCUT2D eigenvalue weighted by atomic mass is 16.6. The molecule has 8 heteroatoms. The van der Waals surface area contributed by atoms with E-state index in [1.165, 1.54) is 7.11 Å². The summed E-state index contributed by atoms with van der Waals surface area (Å²) in [6.07, 6.45) is 4.69. The first-order valence-corrected chi connectivity index (χ1v) is 8.84. The zero-order valence-electron chi connectivity index (χ0n) is 15.8.